The molecule has 144 valence electrons. The van der Waals surface area contributed by atoms with Crippen molar-refractivity contribution >= 4 is 21.7 Å². The van der Waals surface area contributed by atoms with Gasteiger partial charge < -0.3 is 4.42 Å². The summed E-state index contributed by atoms with van der Waals surface area (Å²) >= 11 is 0. The van der Waals surface area contributed by atoms with E-state index in [0.717, 1.165) is 33.4 Å². The monoisotopic (exact) mass is 395 g/mol. The van der Waals surface area contributed by atoms with Crippen LogP contribution in [0, 0.1) is 0 Å². The lowest BCUT2D eigenvalue weighted by molar-refractivity contribution is 0.633. The molecule has 1 aliphatic rings. The highest BCUT2D eigenvalue weighted by Gasteiger charge is 2.28. The normalized spacial score (nSPS) is 11.9. The number of rotatable bonds is 1. The zero-order valence-corrected chi connectivity index (χ0v) is 16.7. The molecule has 0 amide bonds. The van der Waals surface area contributed by atoms with E-state index >= 15 is 0 Å². The molecule has 0 spiro atoms. The summed E-state index contributed by atoms with van der Waals surface area (Å²) in [5, 5.41) is 3.47. The molecule has 31 heavy (non-hydrogen) atoms. The molecule has 2 nitrogen and oxygen atoms in total. The first-order valence-corrected chi connectivity index (χ1v) is 10.5. The first-order chi connectivity index (χ1) is 15.4. The van der Waals surface area contributed by atoms with Crippen molar-refractivity contribution in [2.75, 3.05) is 0 Å². The molecule has 4 aromatic carbocycles. The van der Waals surface area contributed by atoms with E-state index in [1.807, 2.05) is 24.4 Å². The molecule has 7 rings (SSSR count). The molecule has 0 bridgehead atoms. The minimum atomic E-state index is 0.827. The van der Waals surface area contributed by atoms with Crippen molar-refractivity contribution < 1.29 is 4.42 Å². The number of fused-ring (bicyclic) bond motifs is 7. The van der Waals surface area contributed by atoms with E-state index in [2.05, 4.69) is 83.8 Å². The Labute approximate surface area is 179 Å². The second-order valence-electron chi connectivity index (χ2n) is 7.96. The van der Waals surface area contributed by atoms with Crippen LogP contribution in [0.3, 0.4) is 0 Å². The minimum absolute atomic E-state index is 0.827. The molecule has 1 aliphatic carbocycles. The van der Waals surface area contributed by atoms with Gasteiger partial charge in [0.15, 0.2) is 5.76 Å². The number of nitrogens with zero attached hydrogens (tertiary/aromatic N) is 1. The standard InChI is InChI=1S/C29H17NO/c1-2-10-19-18(9-1)17-24-22-13-4-3-11-20(22)21-12-5-6-14-23(21)26-27(24)28(19)31-29(26)25-15-7-8-16-30-25/h1-17H. The van der Waals surface area contributed by atoms with Gasteiger partial charge in [0, 0.05) is 22.5 Å². The van der Waals surface area contributed by atoms with Crippen LogP contribution < -0.4 is 0 Å². The Kier molecular flexibility index (Phi) is 3.30. The molecule has 0 saturated carbocycles. The van der Waals surface area contributed by atoms with Crippen LogP contribution in [-0.2, 0) is 0 Å². The van der Waals surface area contributed by atoms with Crippen LogP contribution in [0.1, 0.15) is 0 Å². The van der Waals surface area contributed by atoms with Crippen molar-refractivity contribution in [2.45, 2.75) is 0 Å². The molecule has 2 heterocycles. The third-order valence-corrected chi connectivity index (χ3v) is 6.28. The molecule has 0 saturated heterocycles. The van der Waals surface area contributed by atoms with Gasteiger partial charge in [0.1, 0.15) is 11.3 Å². The molecule has 2 heteroatoms. The zero-order valence-electron chi connectivity index (χ0n) is 16.7. The van der Waals surface area contributed by atoms with E-state index in [1.54, 1.807) is 0 Å². The maximum atomic E-state index is 6.68. The van der Waals surface area contributed by atoms with Crippen molar-refractivity contribution in [3.05, 3.63) is 103 Å². The number of furan rings is 1. The Morgan fingerprint density at radius 2 is 1.23 bits per heavy atom. The third-order valence-electron chi connectivity index (χ3n) is 6.28. The molecule has 0 unspecified atom stereocenters. The smallest absolute Gasteiger partial charge is 0.161 e. The largest absolute Gasteiger partial charge is 0.453 e. The van der Waals surface area contributed by atoms with Crippen LogP contribution in [0.4, 0.5) is 0 Å². The van der Waals surface area contributed by atoms with Gasteiger partial charge in [-0.2, -0.15) is 0 Å². The Bertz CT molecular complexity index is 1630. The van der Waals surface area contributed by atoms with Gasteiger partial charge in [-0.05, 0) is 51.4 Å². The topological polar surface area (TPSA) is 26.0 Å². The maximum absolute atomic E-state index is 6.68. The summed E-state index contributed by atoms with van der Waals surface area (Å²) in [7, 11) is 0. The van der Waals surface area contributed by atoms with Crippen molar-refractivity contribution in [3.8, 4) is 44.8 Å². The summed E-state index contributed by atoms with van der Waals surface area (Å²) in [6.45, 7) is 0. The van der Waals surface area contributed by atoms with E-state index < -0.39 is 0 Å². The van der Waals surface area contributed by atoms with E-state index in [-0.39, 0.29) is 0 Å². The number of aromatic nitrogens is 1. The molecular formula is C29H17NO. The Morgan fingerprint density at radius 1 is 0.581 bits per heavy atom. The van der Waals surface area contributed by atoms with Gasteiger partial charge >= 0.3 is 0 Å². The second-order valence-corrected chi connectivity index (χ2v) is 7.96. The van der Waals surface area contributed by atoms with Gasteiger partial charge in [0.2, 0.25) is 0 Å². The van der Waals surface area contributed by atoms with Crippen LogP contribution in [0.15, 0.2) is 108 Å². The Morgan fingerprint density at radius 3 is 2.00 bits per heavy atom. The predicted octanol–water partition coefficient (Wildman–Crippen LogP) is 7.96. The molecule has 0 atom stereocenters. The fourth-order valence-electron chi connectivity index (χ4n) is 4.97. The highest BCUT2D eigenvalue weighted by Crippen LogP contribution is 2.53. The van der Waals surface area contributed by atoms with Gasteiger partial charge in [-0.1, -0.05) is 78.9 Å². The fourth-order valence-corrected chi connectivity index (χ4v) is 4.97. The maximum Gasteiger partial charge on any atom is 0.161 e. The summed E-state index contributed by atoms with van der Waals surface area (Å²) in [4.78, 5) is 4.65. The Hall–Kier alpha value is -4.17. The summed E-state index contributed by atoms with van der Waals surface area (Å²) in [5.41, 5.74) is 9.00. The lowest BCUT2D eigenvalue weighted by atomic mass is 9.93. The average Bonchev–Trinajstić information content (AvgIpc) is 3.20. The SMILES string of the molecule is c1ccc(-c2oc3c4c(cc5ccccc53)-c3ccccc3-c3ccccc3-c24)nc1. The number of hydrogen-bond donors (Lipinski definition) is 0. The summed E-state index contributed by atoms with van der Waals surface area (Å²) < 4.78 is 6.68. The Balaban J connectivity index is 1.78. The second kappa shape index (κ2) is 6.16. The molecule has 0 fully saturated rings. The number of hydrogen-bond acceptors (Lipinski definition) is 2. The molecule has 0 aliphatic heterocycles. The van der Waals surface area contributed by atoms with E-state index in [9.17, 15) is 0 Å². The van der Waals surface area contributed by atoms with Gasteiger partial charge in [0.05, 0.1) is 0 Å². The van der Waals surface area contributed by atoms with Gasteiger partial charge in [-0.25, -0.2) is 0 Å². The van der Waals surface area contributed by atoms with Crippen LogP contribution in [0.2, 0.25) is 0 Å². The van der Waals surface area contributed by atoms with Gasteiger partial charge in [0.25, 0.3) is 0 Å². The van der Waals surface area contributed by atoms with Gasteiger partial charge in [-0.15, -0.1) is 0 Å². The van der Waals surface area contributed by atoms with Crippen molar-refractivity contribution in [1.82, 2.24) is 4.98 Å². The quantitative estimate of drug-likeness (QED) is 0.282. The summed E-state index contributed by atoms with van der Waals surface area (Å²) in [6, 6.07) is 34.1. The number of benzene rings is 4. The summed E-state index contributed by atoms with van der Waals surface area (Å²) in [5.74, 6) is 0.827. The number of pyridine rings is 1. The van der Waals surface area contributed by atoms with Crippen LogP contribution in [0.25, 0.3) is 66.6 Å². The van der Waals surface area contributed by atoms with Crippen LogP contribution in [0.5, 0.6) is 0 Å². The third kappa shape index (κ3) is 2.25. The highest BCUT2D eigenvalue weighted by atomic mass is 16.3. The van der Waals surface area contributed by atoms with E-state index in [4.69, 9.17) is 4.42 Å². The average molecular weight is 395 g/mol. The predicted molar refractivity (Wildman–Crippen MR) is 127 cm³/mol. The van der Waals surface area contributed by atoms with Crippen molar-refractivity contribution in [1.29, 1.82) is 0 Å². The first-order valence-electron chi connectivity index (χ1n) is 10.5. The zero-order chi connectivity index (χ0) is 20.4. The molecule has 2 aromatic heterocycles. The lowest BCUT2D eigenvalue weighted by Crippen LogP contribution is -1.86. The lowest BCUT2D eigenvalue weighted by Gasteiger charge is -2.11. The summed E-state index contributed by atoms with van der Waals surface area (Å²) in [6.07, 6.45) is 1.83. The van der Waals surface area contributed by atoms with Crippen LogP contribution in [-0.4, -0.2) is 4.98 Å². The minimum Gasteiger partial charge on any atom is -0.453 e. The van der Waals surface area contributed by atoms with E-state index in [0.29, 0.717) is 0 Å². The highest BCUT2D eigenvalue weighted by molar-refractivity contribution is 6.22. The molecule has 6 aromatic rings. The molecule has 0 N–H and O–H groups in total. The van der Waals surface area contributed by atoms with Crippen LogP contribution >= 0.6 is 0 Å². The van der Waals surface area contributed by atoms with E-state index in [1.165, 1.54) is 33.2 Å². The fraction of sp³-hybridized carbons (Fsp3) is 0. The van der Waals surface area contributed by atoms with Gasteiger partial charge in [-0.3, -0.25) is 4.98 Å². The molecule has 0 radical (unpaired) electrons. The first kappa shape index (κ1) is 16.6. The van der Waals surface area contributed by atoms with Crippen molar-refractivity contribution in [2.24, 2.45) is 0 Å². The molecular weight excluding hydrogens is 378 g/mol. The van der Waals surface area contributed by atoms with Crippen molar-refractivity contribution in [3.63, 3.8) is 0 Å².